The zero-order valence-electron chi connectivity index (χ0n) is 9.42. The smallest absolute Gasteiger partial charge is 0.329 e. The number of carboxylic acids is 1. The molecule has 0 spiro atoms. The second-order valence-corrected chi connectivity index (χ2v) is 4.45. The number of carboxylic acid groups (broad SMARTS) is 1. The molecule has 1 amide bonds. The molecular weight excluding hydrogens is 278 g/mol. The van der Waals surface area contributed by atoms with Gasteiger partial charge in [0.2, 0.25) is 5.15 Å². The van der Waals surface area contributed by atoms with Crippen LogP contribution in [0.4, 0.5) is 5.69 Å². The SMILES string of the molecule is O=C(NC1(C(=O)O)CC1)c1ccnc(Cl)c1[N+](=O)[O-]. The van der Waals surface area contributed by atoms with Gasteiger partial charge in [-0.05, 0) is 18.9 Å². The number of nitrogens with one attached hydrogen (secondary N) is 1. The van der Waals surface area contributed by atoms with Crippen LogP contribution in [-0.4, -0.2) is 32.4 Å². The van der Waals surface area contributed by atoms with Crippen LogP contribution in [-0.2, 0) is 4.79 Å². The Morgan fingerprint density at radius 3 is 2.63 bits per heavy atom. The lowest BCUT2D eigenvalue weighted by atomic mass is 10.2. The van der Waals surface area contributed by atoms with E-state index in [1.165, 1.54) is 0 Å². The number of aromatic nitrogens is 1. The average Bonchev–Trinajstić information content (AvgIpc) is 3.09. The first-order chi connectivity index (χ1) is 8.87. The molecule has 0 radical (unpaired) electrons. The van der Waals surface area contributed by atoms with Gasteiger partial charge in [0.15, 0.2) is 0 Å². The molecule has 100 valence electrons. The third kappa shape index (κ3) is 2.34. The molecule has 8 nitrogen and oxygen atoms in total. The summed E-state index contributed by atoms with van der Waals surface area (Å²) in [5.41, 5.74) is -2.26. The maximum absolute atomic E-state index is 11.9. The third-order valence-electron chi connectivity index (χ3n) is 2.82. The lowest BCUT2D eigenvalue weighted by Crippen LogP contribution is -2.43. The predicted octanol–water partition coefficient (Wildman–Crippen LogP) is 0.990. The topological polar surface area (TPSA) is 122 Å². The maximum Gasteiger partial charge on any atom is 0.329 e. The second-order valence-electron chi connectivity index (χ2n) is 4.10. The van der Waals surface area contributed by atoms with Crippen LogP contribution < -0.4 is 5.32 Å². The largest absolute Gasteiger partial charge is 0.480 e. The van der Waals surface area contributed by atoms with Crippen LogP contribution in [0.1, 0.15) is 23.2 Å². The van der Waals surface area contributed by atoms with Gasteiger partial charge in [-0.25, -0.2) is 9.78 Å². The van der Waals surface area contributed by atoms with Crippen molar-refractivity contribution in [2.45, 2.75) is 18.4 Å². The van der Waals surface area contributed by atoms with Crippen molar-refractivity contribution in [1.82, 2.24) is 10.3 Å². The maximum atomic E-state index is 11.9. The first-order valence-corrected chi connectivity index (χ1v) is 5.60. The molecule has 2 N–H and O–H groups in total. The highest BCUT2D eigenvalue weighted by Crippen LogP contribution is 2.36. The molecule has 19 heavy (non-hydrogen) atoms. The molecule has 0 saturated heterocycles. The van der Waals surface area contributed by atoms with E-state index in [9.17, 15) is 19.7 Å². The second kappa shape index (κ2) is 4.47. The third-order valence-corrected chi connectivity index (χ3v) is 3.10. The quantitative estimate of drug-likeness (QED) is 0.483. The fraction of sp³-hybridized carbons (Fsp3) is 0.300. The van der Waals surface area contributed by atoms with E-state index in [1.807, 2.05) is 0 Å². The van der Waals surface area contributed by atoms with E-state index in [0.29, 0.717) is 12.8 Å². The van der Waals surface area contributed by atoms with Crippen molar-refractivity contribution in [3.63, 3.8) is 0 Å². The van der Waals surface area contributed by atoms with Gasteiger partial charge in [-0.2, -0.15) is 0 Å². The standard InChI is InChI=1S/C10H8ClN3O5/c11-7-6(14(18)19)5(1-4-12-7)8(15)13-10(2-3-10)9(16)17/h1,4H,2-3H2,(H,13,15)(H,16,17). The van der Waals surface area contributed by atoms with Crippen LogP contribution in [0.15, 0.2) is 12.3 Å². The van der Waals surface area contributed by atoms with Crippen molar-refractivity contribution in [1.29, 1.82) is 0 Å². The summed E-state index contributed by atoms with van der Waals surface area (Å²) in [6.45, 7) is 0. The molecule has 1 aliphatic rings. The molecular formula is C10H8ClN3O5. The first kappa shape index (κ1) is 13.2. The zero-order chi connectivity index (χ0) is 14.2. The highest BCUT2D eigenvalue weighted by molar-refractivity contribution is 6.32. The highest BCUT2D eigenvalue weighted by Gasteiger charge is 2.52. The number of aliphatic carboxylic acids is 1. The number of carbonyl (C=O) groups is 2. The van der Waals surface area contributed by atoms with Crippen LogP contribution in [0.5, 0.6) is 0 Å². The van der Waals surface area contributed by atoms with Crippen molar-refractivity contribution in [3.8, 4) is 0 Å². The van der Waals surface area contributed by atoms with E-state index < -0.39 is 33.2 Å². The van der Waals surface area contributed by atoms with E-state index in [-0.39, 0.29) is 5.56 Å². The number of amides is 1. The Hall–Kier alpha value is -2.22. The van der Waals surface area contributed by atoms with Crippen molar-refractivity contribution < 1.29 is 19.6 Å². The molecule has 0 aromatic carbocycles. The minimum Gasteiger partial charge on any atom is -0.480 e. The molecule has 1 fully saturated rings. The van der Waals surface area contributed by atoms with E-state index in [1.54, 1.807) is 0 Å². The van der Waals surface area contributed by atoms with Crippen molar-refractivity contribution in [2.75, 3.05) is 0 Å². The number of pyridine rings is 1. The Kier molecular flexibility index (Phi) is 3.11. The van der Waals surface area contributed by atoms with Crippen molar-refractivity contribution in [3.05, 3.63) is 33.1 Å². The summed E-state index contributed by atoms with van der Waals surface area (Å²) in [6, 6.07) is 1.12. The molecule has 9 heteroatoms. The minimum absolute atomic E-state index is 0.292. The normalized spacial score (nSPS) is 15.6. The van der Waals surface area contributed by atoms with E-state index in [4.69, 9.17) is 16.7 Å². The van der Waals surface area contributed by atoms with Gasteiger partial charge in [0.05, 0.1) is 4.92 Å². The van der Waals surface area contributed by atoms with Crippen molar-refractivity contribution in [2.24, 2.45) is 0 Å². The summed E-state index contributed by atoms with van der Waals surface area (Å²) in [7, 11) is 0. The van der Waals surface area contributed by atoms with E-state index >= 15 is 0 Å². The van der Waals surface area contributed by atoms with Crippen LogP contribution in [0.25, 0.3) is 0 Å². The molecule has 0 unspecified atom stereocenters. The number of carbonyl (C=O) groups excluding carboxylic acids is 1. The fourth-order valence-corrected chi connectivity index (χ4v) is 1.81. The fourth-order valence-electron chi connectivity index (χ4n) is 1.59. The Labute approximate surface area is 111 Å². The van der Waals surface area contributed by atoms with Gasteiger partial charge in [0.25, 0.3) is 5.91 Å². The molecule has 1 aliphatic carbocycles. The molecule has 1 saturated carbocycles. The lowest BCUT2D eigenvalue weighted by Gasteiger charge is -2.12. The molecule has 0 aliphatic heterocycles. The molecule has 0 bridgehead atoms. The number of halogens is 1. The average molecular weight is 286 g/mol. The van der Waals surface area contributed by atoms with E-state index in [2.05, 4.69) is 10.3 Å². The number of hydrogen-bond donors (Lipinski definition) is 2. The molecule has 1 aromatic rings. The number of rotatable bonds is 4. The van der Waals surface area contributed by atoms with Gasteiger partial charge in [-0.3, -0.25) is 14.9 Å². The van der Waals surface area contributed by atoms with Gasteiger partial charge < -0.3 is 10.4 Å². The Morgan fingerprint density at radius 1 is 1.53 bits per heavy atom. The number of nitro groups is 1. The molecule has 1 heterocycles. The van der Waals surface area contributed by atoms with Gasteiger partial charge in [-0.1, -0.05) is 11.6 Å². The summed E-state index contributed by atoms with van der Waals surface area (Å²) in [4.78, 5) is 36.4. The van der Waals surface area contributed by atoms with Crippen molar-refractivity contribution >= 4 is 29.2 Å². The van der Waals surface area contributed by atoms with Gasteiger partial charge >= 0.3 is 11.7 Å². The summed E-state index contributed by atoms with van der Waals surface area (Å²) in [6.07, 6.45) is 1.73. The minimum atomic E-state index is -1.32. The number of hydrogen-bond acceptors (Lipinski definition) is 5. The summed E-state index contributed by atoms with van der Waals surface area (Å²) in [5.74, 6) is -2.01. The predicted molar refractivity (Wildman–Crippen MR) is 63.0 cm³/mol. The number of nitrogens with zero attached hydrogens (tertiary/aromatic N) is 2. The monoisotopic (exact) mass is 285 g/mol. The zero-order valence-corrected chi connectivity index (χ0v) is 10.2. The molecule has 0 atom stereocenters. The van der Waals surface area contributed by atoms with Crippen LogP contribution in [0.2, 0.25) is 5.15 Å². The van der Waals surface area contributed by atoms with Gasteiger partial charge in [-0.15, -0.1) is 0 Å². The van der Waals surface area contributed by atoms with E-state index in [0.717, 1.165) is 12.3 Å². The van der Waals surface area contributed by atoms with Crippen LogP contribution in [0.3, 0.4) is 0 Å². The van der Waals surface area contributed by atoms with Gasteiger partial charge in [0.1, 0.15) is 11.1 Å². The first-order valence-electron chi connectivity index (χ1n) is 5.22. The molecule has 2 rings (SSSR count). The highest BCUT2D eigenvalue weighted by atomic mass is 35.5. The van der Waals surface area contributed by atoms with Crippen LogP contribution >= 0.6 is 11.6 Å². The summed E-state index contributed by atoms with van der Waals surface area (Å²) in [5, 5.41) is 21.7. The van der Waals surface area contributed by atoms with Crippen LogP contribution in [0, 0.1) is 10.1 Å². The van der Waals surface area contributed by atoms with Gasteiger partial charge in [0, 0.05) is 6.20 Å². The summed E-state index contributed by atoms with van der Waals surface area (Å²) < 4.78 is 0. The Morgan fingerprint density at radius 2 is 2.16 bits per heavy atom. The Balaban J connectivity index is 2.32. The Bertz CT molecular complexity index is 585. The lowest BCUT2D eigenvalue weighted by molar-refractivity contribution is -0.385. The summed E-state index contributed by atoms with van der Waals surface area (Å²) >= 11 is 5.57. The molecule has 1 aromatic heterocycles.